The molecule has 0 aromatic heterocycles. The van der Waals surface area contributed by atoms with Crippen molar-refractivity contribution in [3.05, 3.63) is 281 Å². The van der Waals surface area contributed by atoms with E-state index in [1.54, 1.807) is 159 Å². The van der Waals surface area contributed by atoms with Gasteiger partial charge in [0.05, 0.1) is 80.1 Å². The Balaban J connectivity index is 1.04. The zero-order chi connectivity index (χ0) is 89.7. The first-order valence-electron chi connectivity index (χ1n) is 43.7. The van der Waals surface area contributed by atoms with E-state index in [9.17, 15) is 19.2 Å². The summed E-state index contributed by atoms with van der Waals surface area (Å²) in [7, 11) is 1.52. The number of hydrogen-bond donors (Lipinski definition) is 2. The van der Waals surface area contributed by atoms with Crippen LogP contribution in [-0.2, 0) is 100 Å². The normalized spacial score (nSPS) is 22.7. The molecule has 1 amide bonds. The first-order chi connectivity index (χ1) is 61.7. The molecular weight excluding hydrogens is 1690 g/mol. The minimum atomic E-state index is -2.82. The van der Waals surface area contributed by atoms with Gasteiger partial charge in [-0.15, -0.1) is 0 Å². The molecule has 0 unspecified atom stereocenters. The van der Waals surface area contributed by atoms with Crippen LogP contribution >= 0.6 is 34.8 Å². The summed E-state index contributed by atoms with van der Waals surface area (Å²) in [5.74, 6) is -5.91. The second kappa shape index (κ2) is 51.5. The number of carbonyl (C=O) groups excluding carboxylic acids is 7. The lowest BCUT2D eigenvalue weighted by molar-refractivity contribution is -0.373. The molecule has 3 N–H and O–H groups in total. The van der Waals surface area contributed by atoms with Gasteiger partial charge in [0.2, 0.25) is 0 Å². The lowest BCUT2D eigenvalue weighted by Crippen LogP contribution is -2.71. The fraction of sp³-hybridized carbons (Fsp3) is 0.444. The Hall–Kier alpha value is -9.68. The zero-order valence-corrected chi connectivity index (χ0v) is 74.3. The maximum atomic E-state index is 15.4. The predicted molar refractivity (Wildman–Crippen MR) is 475 cm³/mol. The van der Waals surface area contributed by atoms with Crippen LogP contribution in [0.1, 0.15) is 192 Å². The highest BCUT2D eigenvalue weighted by Gasteiger charge is 2.60. The summed E-state index contributed by atoms with van der Waals surface area (Å²) in [4.78, 5) is 103. The number of halogens is 3. The van der Waals surface area contributed by atoms with Crippen LogP contribution in [-0.4, -0.2) is 177 Å². The van der Waals surface area contributed by atoms with Crippen molar-refractivity contribution in [3.8, 4) is 5.75 Å². The molecular formula is C99H115Cl3N2O23. The molecule has 0 radical (unpaired) electrons. The Labute approximate surface area is 757 Å². The van der Waals surface area contributed by atoms with Crippen LogP contribution in [0.25, 0.3) is 0 Å². The minimum absolute atomic E-state index is 0.00927. The first kappa shape index (κ1) is 97.9. The number of carbonyl (C=O) groups is 7. The number of benzene rings is 8. The van der Waals surface area contributed by atoms with Gasteiger partial charge < -0.3 is 86.8 Å². The summed E-state index contributed by atoms with van der Waals surface area (Å²) < 4.78 is 105. The molecule has 127 heavy (non-hydrogen) atoms. The van der Waals surface area contributed by atoms with Gasteiger partial charge >= 0.3 is 35.8 Å². The van der Waals surface area contributed by atoms with Crippen molar-refractivity contribution < 1.29 is 109 Å². The van der Waals surface area contributed by atoms with Gasteiger partial charge in [-0.3, -0.25) is 9.59 Å². The van der Waals surface area contributed by atoms with E-state index < -0.39 is 170 Å². The second-order valence-electron chi connectivity index (χ2n) is 31.7. The van der Waals surface area contributed by atoms with Gasteiger partial charge in [-0.1, -0.05) is 295 Å². The van der Waals surface area contributed by atoms with Crippen molar-refractivity contribution in [2.24, 2.45) is 5.73 Å². The summed E-state index contributed by atoms with van der Waals surface area (Å²) in [6, 6.07) is 62.3. The van der Waals surface area contributed by atoms with Crippen LogP contribution in [0, 0.1) is 0 Å². The van der Waals surface area contributed by atoms with Gasteiger partial charge in [0.25, 0.3) is 9.70 Å². The summed E-state index contributed by atoms with van der Waals surface area (Å²) in [5, 5.41) is 2.83. The number of hydrogen-bond acceptors (Lipinski definition) is 24. The highest BCUT2D eigenvalue weighted by Crippen LogP contribution is 2.40. The molecule has 11 rings (SSSR count). The molecule has 3 heterocycles. The third-order valence-corrected chi connectivity index (χ3v) is 22.6. The Morgan fingerprint density at radius 2 is 0.827 bits per heavy atom. The molecule has 8 aromatic carbocycles. The highest BCUT2D eigenvalue weighted by molar-refractivity contribution is 6.76. The number of unbranched alkanes of at least 4 members (excludes halogenated alkanes) is 14. The molecule has 17 atom stereocenters. The van der Waals surface area contributed by atoms with Crippen LogP contribution in [0.5, 0.6) is 5.75 Å². The Morgan fingerprint density at radius 3 is 1.31 bits per heavy atom. The summed E-state index contributed by atoms with van der Waals surface area (Å²) in [6.07, 6.45) is -7.82. The Kier molecular flexibility index (Phi) is 39.7. The molecule has 680 valence electrons. The van der Waals surface area contributed by atoms with Crippen LogP contribution in [0.4, 0.5) is 0 Å². The maximum Gasteiger partial charge on any atom is 0.338 e. The fourth-order valence-electron chi connectivity index (χ4n) is 15.4. The number of nitrogens with two attached hydrogens (primary N) is 1. The monoisotopic (exact) mass is 1800 g/mol. The van der Waals surface area contributed by atoms with E-state index in [-0.39, 0.29) is 54.1 Å². The molecule has 28 heteroatoms. The van der Waals surface area contributed by atoms with E-state index in [2.05, 4.69) is 12.2 Å². The lowest BCUT2D eigenvalue weighted by atomic mass is 9.94. The van der Waals surface area contributed by atoms with Crippen LogP contribution in [0.3, 0.4) is 0 Å². The molecule has 3 saturated heterocycles. The average Bonchev–Trinajstić information content (AvgIpc) is 0.755. The van der Waals surface area contributed by atoms with Crippen molar-refractivity contribution >= 4 is 76.5 Å². The Morgan fingerprint density at radius 1 is 0.409 bits per heavy atom. The average molecular weight is 1810 g/mol. The third kappa shape index (κ3) is 30.5. The summed E-state index contributed by atoms with van der Waals surface area (Å²) in [5.41, 5.74) is 9.79. The van der Waals surface area contributed by atoms with Gasteiger partial charge in [-0.05, 0) is 109 Å². The maximum absolute atomic E-state index is 15.4. The molecule has 3 fully saturated rings. The standard InChI is InChI=1S/C99H115Cl3N2O23/c1-5-6-7-8-9-10-11-12-13-14-15-16-17-18-40-55-78(120-91(107)72-47-32-22-33-48-72)77(103)63-117-96-89(87(124-93(109)74-51-36-24-37-52-74)84(123-92(108)73-49-34-23-35-50-73)80(122-96)65-116-90(106)71-45-30-21-31-46-71)127-95-81(104-98(111)99(100,101)102)85(83(114-61-69-43-28-20-29-44-69)79(121-95)64-113-60-68-41-26-19-27-42-68)126-97-88(125-94(110)75-53-38-25-39-54-75)86(82(66(2)118-97)119-67(3)105)115-62-70-56-58-76(112-4)59-57-70/h19-39,41-54,56-59,66,77-89,95-97H,5-18,40,55,60-65,103H2,1-4H3,(H,104,111)/t66-,77-,78+,79+,80+,81+,82+,83+,84+,85+,86+,87-,88-,89-,95-,96-,97-/m0/s1. The quantitative estimate of drug-likeness (QED) is 0.0155. The van der Waals surface area contributed by atoms with E-state index >= 15 is 14.4 Å². The smallest absolute Gasteiger partial charge is 0.338 e. The van der Waals surface area contributed by atoms with Crippen LogP contribution in [0.15, 0.2) is 237 Å². The molecule has 25 nitrogen and oxygen atoms in total. The van der Waals surface area contributed by atoms with Crippen molar-refractivity contribution in [1.29, 1.82) is 0 Å². The molecule has 3 aliphatic rings. The predicted octanol–water partition coefficient (Wildman–Crippen LogP) is 17.5. The molecule has 0 spiro atoms. The Bertz CT molecular complexity index is 4610. The number of nitrogens with one attached hydrogen (secondary N) is 1. The minimum Gasteiger partial charge on any atom is -0.497 e. The van der Waals surface area contributed by atoms with E-state index in [4.69, 9.17) is 116 Å². The number of methoxy groups -OCH3 is 1. The van der Waals surface area contributed by atoms with Gasteiger partial charge in [0.15, 0.2) is 49.4 Å². The SMILES string of the molecule is CCCCCCCCCCCCCCCCC[C@@H](OC(=O)c1ccccc1)[C@@H](N)CO[C@H]1O[C@H](COC(=O)c2ccccc2)[C@@H](OC(=O)c2ccccc2)[C@H](OC(=O)c2ccccc2)[C@@H]1O[C@@H]1O[C@H](COCc2ccccc2)[C@@H](OCc2ccccc2)[C@H](O[C@@H]2O[C@@H](C)[C@@H](OC(C)=O)[C@@H](OCc3ccc(OC)cc3)[C@@H]2OC(=O)c2ccccc2)[C@H]1NC(=O)C(Cl)(Cl)Cl. The molecule has 8 aromatic rings. The van der Waals surface area contributed by atoms with E-state index in [0.29, 0.717) is 23.3 Å². The third-order valence-electron chi connectivity index (χ3n) is 22.1. The highest BCUT2D eigenvalue weighted by atomic mass is 35.6. The van der Waals surface area contributed by atoms with Gasteiger partial charge in [-0.25, -0.2) is 24.0 Å². The molecule has 3 aliphatic heterocycles. The number of ether oxygens (including phenoxy) is 16. The molecule has 0 saturated carbocycles. The van der Waals surface area contributed by atoms with E-state index in [0.717, 1.165) is 37.7 Å². The fourth-order valence-corrected chi connectivity index (χ4v) is 15.5. The van der Waals surface area contributed by atoms with Gasteiger partial charge in [-0.2, -0.15) is 0 Å². The van der Waals surface area contributed by atoms with Crippen molar-refractivity contribution in [2.45, 2.75) is 251 Å². The van der Waals surface area contributed by atoms with E-state index in [1.165, 1.54) is 120 Å². The van der Waals surface area contributed by atoms with E-state index in [1.807, 2.05) is 36.4 Å². The van der Waals surface area contributed by atoms with Gasteiger partial charge in [0.1, 0.15) is 55.0 Å². The second-order valence-corrected chi connectivity index (χ2v) is 34.0. The number of amides is 1. The van der Waals surface area contributed by atoms with Crippen molar-refractivity contribution in [2.75, 3.05) is 26.9 Å². The van der Waals surface area contributed by atoms with Crippen molar-refractivity contribution in [1.82, 2.24) is 5.32 Å². The number of alkyl halides is 3. The van der Waals surface area contributed by atoms with Crippen LogP contribution < -0.4 is 15.8 Å². The van der Waals surface area contributed by atoms with Crippen LogP contribution in [0.2, 0.25) is 0 Å². The number of rotatable bonds is 48. The number of esters is 6. The van der Waals surface area contributed by atoms with Crippen molar-refractivity contribution in [3.63, 3.8) is 0 Å². The summed E-state index contributed by atoms with van der Waals surface area (Å²) >= 11 is 20.0. The van der Waals surface area contributed by atoms with Gasteiger partial charge in [0, 0.05) is 6.92 Å². The topological polar surface area (TPSA) is 305 Å². The zero-order valence-electron chi connectivity index (χ0n) is 72.0. The lowest BCUT2D eigenvalue weighted by Gasteiger charge is -2.51. The molecule has 0 bridgehead atoms. The summed E-state index contributed by atoms with van der Waals surface area (Å²) in [6.45, 7) is 2.94. The largest absolute Gasteiger partial charge is 0.497 e. The first-order valence-corrected chi connectivity index (χ1v) is 44.8. The molecule has 0 aliphatic carbocycles.